The minimum atomic E-state index is -0.645. The van der Waals surface area contributed by atoms with Gasteiger partial charge in [-0.1, -0.05) is 0 Å². The van der Waals surface area contributed by atoms with Gasteiger partial charge in [-0.15, -0.1) is 11.6 Å². The molecule has 0 saturated carbocycles. The molecule has 15 heavy (non-hydrogen) atoms. The average Bonchev–Trinajstić information content (AvgIpc) is 2.30. The minimum Gasteiger partial charge on any atom is -0.465 e. The Hall–Kier alpha value is -0.520. The normalized spacial score (nSPS) is 19.6. The highest BCUT2D eigenvalue weighted by Crippen LogP contribution is 2.31. The van der Waals surface area contributed by atoms with Gasteiger partial charge < -0.3 is 8.92 Å². The lowest BCUT2D eigenvalue weighted by Crippen LogP contribution is -2.18. The highest BCUT2D eigenvalue weighted by molar-refractivity contribution is 7.98. The second-order valence-electron chi connectivity index (χ2n) is 2.86. The van der Waals surface area contributed by atoms with Gasteiger partial charge in [-0.25, -0.2) is 4.79 Å². The number of alkyl halides is 1. The first kappa shape index (κ1) is 12.5. The second-order valence-corrected chi connectivity index (χ2v) is 4.02. The molecule has 1 heterocycles. The predicted octanol–water partition coefficient (Wildman–Crippen LogP) is 1.68. The molecule has 4 nitrogen and oxygen atoms in total. The van der Waals surface area contributed by atoms with Crippen LogP contribution in [-0.2, 0) is 18.5 Å². The fourth-order valence-electron chi connectivity index (χ4n) is 1.16. The molecule has 0 atom stereocenters. The van der Waals surface area contributed by atoms with E-state index in [1.54, 1.807) is 0 Å². The van der Waals surface area contributed by atoms with Crippen LogP contribution in [0.3, 0.4) is 0 Å². The number of hydrogen-bond acceptors (Lipinski definition) is 5. The van der Waals surface area contributed by atoms with Crippen LogP contribution in [0, 0.1) is 0 Å². The Bertz CT molecular complexity index is 274. The summed E-state index contributed by atoms with van der Waals surface area (Å²) < 4.78 is 9.65. The standard InChI is InChI=1S/C9H11ClO4S/c1-13-9(12)8(6(11)5-10)7-3-2-4-14-15-7/h2-5H2,1H3. The number of ketones is 1. The molecule has 0 amide bonds. The van der Waals surface area contributed by atoms with E-state index in [1.165, 1.54) is 7.11 Å². The molecule has 1 aliphatic rings. The lowest BCUT2D eigenvalue weighted by molar-refractivity contribution is -0.137. The predicted molar refractivity (Wildman–Crippen MR) is 57.5 cm³/mol. The van der Waals surface area contributed by atoms with E-state index in [0.29, 0.717) is 17.9 Å². The Kier molecular flexibility index (Phi) is 5.14. The third kappa shape index (κ3) is 3.22. The quantitative estimate of drug-likeness (QED) is 0.191. The van der Waals surface area contributed by atoms with Gasteiger partial charge in [-0.2, -0.15) is 0 Å². The lowest BCUT2D eigenvalue weighted by atomic mass is 10.1. The molecule has 0 N–H and O–H groups in total. The van der Waals surface area contributed by atoms with E-state index in [0.717, 1.165) is 18.5 Å². The van der Waals surface area contributed by atoms with Crippen LogP contribution >= 0.6 is 23.6 Å². The van der Waals surface area contributed by atoms with Gasteiger partial charge in [0.2, 0.25) is 0 Å². The van der Waals surface area contributed by atoms with Crippen LogP contribution in [0.1, 0.15) is 12.8 Å². The van der Waals surface area contributed by atoms with Gasteiger partial charge in [0.05, 0.1) is 19.6 Å². The van der Waals surface area contributed by atoms with Crippen LogP contribution in [0.25, 0.3) is 0 Å². The van der Waals surface area contributed by atoms with Crippen LogP contribution < -0.4 is 0 Å². The van der Waals surface area contributed by atoms with Crippen LogP contribution in [0.15, 0.2) is 10.5 Å². The maximum Gasteiger partial charge on any atom is 0.342 e. The average molecular weight is 251 g/mol. The maximum absolute atomic E-state index is 11.5. The Morgan fingerprint density at radius 3 is 2.80 bits per heavy atom. The molecule has 6 heteroatoms. The first-order valence-electron chi connectivity index (χ1n) is 4.40. The second kappa shape index (κ2) is 6.15. The summed E-state index contributed by atoms with van der Waals surface area (Å²) in [5, 5.41) is 0. The fraction of sp³-hybridized carbons (Fsp3) is 0.556. The van der Waals surface area contributed by atoms with E-state index in [2.05, 4.69) is 4.74 Å². The van der Waals surface area contributed by atoms with Crippen molar-refractivity contribution < 1.29 is 18.5 Å². The third-order valence-corrected chi connectivity index (χ3v) is 3.00. The zero-order chi connectivity index (χ0) is 11.3. The number of carbonyl (C=O) groups is 2. The van der Waals surface area contributed by atoms with Crippen molar-refractivity contribution in [3.8, 4) is 0 Å². The van der Waals surface area contributed by atoms with Crippen LogP contribution in [-0.4, -0.2) is 31.3 Å². The van der Waals surface area contributed by atoms with Gasteiger partial charge >= 0.3 is 5.97 Å². The largest absolute Gasteiger partial charge is 0.465 e. The molecule has 0 aromatic heterocycles. The Labute approximate surface area is 97.1 Å². The molecule has 1 saturated heterocycles. The van der Waals surface area contributed by atoms with Crippen molar-refractivity contribution in [2.45, 2.75) is 12.8 Å². The van der Waals surface area contributed by atoms with Gasteiger partial charge in [0.15, 0.2) is 5.78 Å². The topological polar surface area (TPSA) is 52.6 Å². The number of methoxy groups -OCH3 is 1. The van der Waals surface area contributed by atoms with Crippen molar-refractivity contribution in [3.63, 3.8) is 0 Å². The molecular weight excluding hydrogens is 240 g/mol. The monoisotopic (exact) mass is 250 g/mol. The number of rotatable bonds is 3. The number of hydrogen-bond donors (Lipinski definition) is 0. The van der Waals surface area contributed by atoms with Crippen molar-refractivity contribution >= 4 is 35.4 Å². The van der Waals surface area contributed by atoms with Gasteiger partial charge in [-0.3, -0.25) is 4.79 Å². The summed E-state index contributed by atoms with van der Waals surface area (Å²) in [6.07, 6.45) is 1.44. The van der Waals surface area contributed by atoms with Gasteiger partial charge in [0.25, 0.3) is 0 Å². The van der Waals surface area contributed by atoms with Crippen molar-refractivity contribution in [2.75, 3.05) is 19.6 Å². The Balaban J connectivity index is 2.96. The van der Waals surface area contributed by atoms with E-state index >= 15 is 0 Å². The summed E-state index contributed by atoms with van der Waals surface area (Å²) in [6, 6.07) is 0. The molecule has 0 aromatic rings. The highest BCUT2D eigenvalue weighted by Gasteiger charge is 2.25. The van der Waals surface area contributed by atoms with Crippen molar-refractivity contribution in [3.05, 3.63) is 10.5 Å². The number of carbonyl (C=O) groups excluding carboxylic acids is 2. The molecular formula is C9H11ClO4S. The van der Waals surface area contributed by atoms with E-state index in [9.17, 15) is 9.59 Å². The molecule has 0 spiro atoms. The summed E-state index contributed by atoms with van der Waals surface area (Å²) in [5.41, 5.74) is 0.0252. The van der Waals surface area contributed by atoms with Crippen molar-refractivity contribution in [1.29, 1.82) is 0 Å². The molecule has 0 bridgehead atoms. The lowest BCUT2D eigenvalue weighted by Gasteiger charge is -2.15. The minimum absolute atomic E-state index is 0.0252. The van der Waals surface area contributed by atoms with Crippen molar-refractivity contribution in [1.82, 2.24) is 0 Å². The third-order valence-electron chi connectivity index (χ3n) is 1.86. The maximum atomic E-state index is 11.5. The van der Waals surface area contributed by atoms with E-state index in [-0.39, 0.29) is 11.5 Å². The molecule has 1 aliphatic heterocycles. The Morgan fingerprint density at radius 2 is 2.33 bits per heavy atom. The molecule has 84 valence electrons. The zero-order valence-electron chi connectivity index (χ0n) is 8.25. The summed E-state index contributed by atoms with van der Waals surface area (Å²) >= 11 is 6.48. The van der Waals surface area contributed by atoms with Crippen LogP contribution in [0.2, 0.25) is 0 Å². The van der Waals surface area contributed by atoms with E-state index in [4.69, 9.17) is 15.8 Å². The molecule has 0 radical (unpaired) electrons. The first-order chi connectivity index (χ1) is 7.20. The van der Waals surface area contributed by atoms with Gasteiger partial charge in [0, 0.05) is 16.9 Å². The van der Waals surface area contributed by atoms with Gasteiger partial charge in [0.1, 0.15) is 5.57 Å². The number of allylic oxidation sites excluding steroid dienone is 1. The number of halogens is 1. The van der Waals surface area contributed by atoms with E-state index in [1.807, 2.05) is 0 Å². The molecule has 1 fully saturated rings. The summed E-state index contributed by atoms with van der Waals surface area (Å²) in [6.45, 7) is 0.623. The SMILES string of the molecule is COC(=O)C(C(=O)CCl)=C1CCCOS1. The molecule has 0 aliphatic carbocycles. The summed E-state index contributed by atoms with van der Waals surface area (Å²) in [4.78, 5) is 23.4. The summed E-state index contributed by atoms with van der Waals surface area (Å²) in [7, 11) is 1.23. The fourth-order valence-corrected chi connectivity index (χ4v) is 2.15. The van der Waals surface area contributed by atoms with Crippen molar-refractivity contribution in [2.24, 2.45) is 0 Å². The molecule has 0 aromatic carbocycles. The van der Waals surface area contributed by atoms with Crippen LogP contribution in [0.5, 0.6) is 0 Å². The van der Waals surface area contributed by atoms with Crippen LogP contribution in [0.4, 0.5) is 0 Å². The molecule has 0 unspecified atom stereocenters. The van der Waals surface area contributed by atoms with Gasteiger partial charge in [-0.05, 0) is 12.8 Å². The number of ether oxygens (including phenoxy) is 1. The first-order valence-corrected chi connectivity index (χ1v) is 5.68. The summed E-state index contributed by atoms with van der Waals surface area (Å²) in [5.74, 6) is -1.29. The zero-order valence-corrected chi connectivity index (χ0v) is 9.82. The van der Waals surface area contributed by atoms with E-state index < -0.39 is 11.8 Å². The Morgan fingerprint density at radius 1 is 1.60 bits per heavy atom. The molecule has 1 rings (SSSR count). The smallest absolute Gasteiger partial charge is 0.342 e. The number of Topliss-reactive ketones (excluding diaryl/α,β-unsaturated/α-hetero) is 1. The number of esters is 1. The highest BCUT2D eigenvalue weighted by atomic mass is 35.5.